The number of rotatable bonds is 6. The van der Waals surface area contributed by atoms with Gasteiger partial charge in [0.1, 0.15) is 0 Å². The summed E-state index contributed by atoms with van der Waals surface area (Å²) in [5.74, 6) is 1.48. The molecule has 0 aromatic heterocycles. The van der Waals surface area contributed by atoms with Gasteiger partial charge in [0.15, 0.2) is 0 Å². The molecule has 1 aromatic rings. The van der Waals surface area contributed by atoms with Gasteiger partial charge in [0.05, 0.1) is 5.75 Å². The molecule has 2 N–H and O–H groups in total. The zero-order valence-corrected chi connectivity index (χ0v) is 11.3. The molecule has 1 aromatic carbocycles. The number of benzene rings is 1. The Morgan fingerprint density at radius 2 is 2.12 bits per heavy atom. The number of aryl methyl sites for hydroxylation is 1. The van der Waals surface area contributed by atoms with Crippen LogP contribution in [0.5, 0.6) is 0 Å². The molecule has 0 bridgehead atoms. The predicted molar refractivity (Wildman–Crippen MR) is 75.6 cm³/mol. The Balaban J connectivity index is 2.71. The Kier molecular flexibility index (Phi) is 6.08. The summed E-state index contributed by atoms with van der Waals surface area (Å²) in [5, 5.41) is 0. The van der Waals surface area contributed by atoms with E-state index >= 15 is 0 Å². The minimum Gasteiger partial charge on any atom is -0.330 e. The Labute approximate surface area is 107 Å². The summed E-state index contributed by atoms with van der Waals surface area (Å²) in [6.07, 6.45) is 0. The van der Waals surface area contributed by atoms with Gasteiger partial charge in [0.2, 0.25) is 5.91 Å². The van der Waals surface area contributed by atoms with E-state index in [1.165, 1.54) is 0 Å². The minimum absolute atomic E-state index is 0.153. The van der Waals surface area contributed by atoms with Gasteiger partial charge in [-0.3, -0.25) is 4.79 Å². The fourth-order valence-electron chi connectivity index (χ4n) is 1.67. The third kappa shape index (κ3) is 4.06. The van der Waals surface area contributed by atoms with Crippen LogP contribution in [0, 0.1) is 6.92 Å². The predicted octanol–water partition coefficient (Wildman–Crippen LogP) is 2.04. The minimum atomic E-state index is 0.153. The average Bonchev–Trinajstić information content (AvgIpc) is 2.33. The summed E-state index contributed by atoms with van der Waals surface area (Å²) in [7, 11) is 0. The highest BCUT2D eigenvalue weighted by atomic mass is 32.2. The third-order valence-corrected chi connectivity index (χ3v) is 3.49. The molecule has 1 rings (SSSR count). The van der Waals surface area contributed by atoms with E-state index in [-0.39, 0.29) is 5.91 Å². The van der Waals surface area contributed by atoms with E-state index < -0.39 is 0 Å². The van der Waals surface area contributed by atoms with Crippen molar-refractivity contribution in [1.82, 2.24) is 0 Å². The molecule has 0 heterocycles. The van der Waals surface area contributed by atoms with Gasteiger partial charge in [0, 0.05) is 24.5 Å². The molecule has 0 atom stereocenters. The van der Waals surface area contributed by atoms with Crippen LogP contribution in [0.3, 0.4) is 0 Å². The highest BCUT2D eigenvalue weighted by Crippen LogP contribution is 2.20. The summed E-state index contributed by atoms with van der Waals surface area (Å²) in [5.41, 5.74) is 7.55. The molecule has 94 valence electrons. The lowest BCUT2D eigenvalue weighted by Gasteiger charge is -2.22. The van der Waals surface area contributed by atoms with Gasteiger partial charge in [-0.2, -0.15) is 11.8 Å². The number of hydrogen-bond donors (Lipinski definition) is 1. The molecule has 3 nitrogen and oxygen atoms in total. The Bertz CT molecular complexity index is 368. The molecule has 0 fully saturated rings. The molecule has 0 aliphatic heterocycles. The smallest absolute Gasteiger partial charge is 0.236 e. The van der Waals surface area contributed by atoms with E-state index in [4.69, 9.17) is 5.73 Å². The van der Waals surface area contributed by atoms with Crippen molar-refractivity contribution in [2.45, 2.75) is 13.8 Å². The van der Waals surface area contributed by atoms with Crippen LogP contribution in [0.4, 0.5) is 5.69 Å². The molecular formula is C13H20N2OS. The van der Waals surface area contributed by atoms with Gasteiger partial charge >= 0.3 is 0 Å². The van der Waals surface area contributed by atoms with Crippen LogP contribution in [0.2, 0.25) is 0 Å². The standard InChI is InChI=1S/C13H20N2OS/c1-3-15(13(16)10-17-9-8-14)12-7-5-4-6-11(12)2/h4-7H,3,8-10,14H2,1-2H3. The van der Waals surface area contributed by atoms with E-state index in [2.05, 4.69) is 0 Å². The van der Waals surface area contributed by atoms with Gasteiger partial charge in [-0.25, -0.2) is 0 Å². The fraction of sp³-hybridized carbons (Fsp3) is 0.462. The first-order valence-corrected chi connectivity index (χ1v) is 7.00. The van der Waals surface area contributed by atoms with E-state index in [1.807, 2.05) is 43.0 Å². The number of carbonyl (C=O) groups excluding carboxylic acids is 1. The van der Waals surface area contributed by atoms with Crippen LogP contribution < -0.4 is 10.6 Å². The van der Waals surface area contributed by atoms with Crippen molar-refractivity contribution >= 4 is 23.4 Å². The lowest BCUT2D eigenvalue weighted by atomic mass is 10.2. The topological polar surface area (TPSA) is 46.3 Å². The molecule has 4 heteroatoms. The molecule has 0 saturated carbocycles. The molecular weight excluding hydrogens is 232 g/mol. The van der Waals surface area contributed by atoms with Gasteiger partial charge in [0.25, 0.3) is 0 Å². The number of nitrogens with two attached hydrogens (primary N) is 1. The first kappa shape index (κ1) is 14.1. The lowest BCUT2D eigenvalue weighted by Crippen LogP contribution is -2.32. The maximum absolute atomic E-state index is 12.1. The van der Waals surface area contributed by atoms with Gasteiger partial charge in [-0.1, -0.05) is 18.2 Å². The molecule has 0 saturated heterocycles. The second-order valence-corrected chi connectivity index (χ2v) is 4.87. The lowest BCUT2D eigenvalue weighted by molar-refractivity contribution is -0.116. The van der Waals surface area contributed by atoms with Crippen molar-refractivity contribution < 1.29 is 4.79 Å². The van der Waals surface area contributed by atoms with E-state index in [0.717, 1.165) is 17.0 Å². The van der Waals surface area contributed by atoms with E-state index in [9.17, 15) is 4.79 Å². The maximum atomic E-state index is 12.1. The van der Waals surface area contributed by atoms with Crippen LogP contribution in [0.15, 0.2) is 24.3 Å². The fourth-order valence-corrected chi connectivity index (χ4v) is 2.31. The summed E-state index contributed by atoms with van der Waals surface area (Å²) >= 11 is 1.59. The zero-order valence-electron chi connectivity index (χ0n) is 10.5. The number of nitrogens with zero attached hydrogens (tertiary/aromatic N) is 1. The Morgan fingerprint density at radius 1 is 1.41 bits per heavy atom. The van der Waals surface area contributed by atoms with Crippen LogP contribution in [0.1, 0.15) is 12.5 Å². The Hall–Kier alpha value is -1.00. The van der Waals surface area contributed by atoms with Crippen molar-refractivity contribution in [3.8, 4) is 0 Å². The van der Waals surface area contributed by atoms with E-state index in [1.54, 1.807) is 11.8 Å². The third-order valence-electron chi connectivity index (χ3n) is 2.51. The van der Waals surface area contributed by atoms with Crippen molar-refractivity contribution in [3.05, 3.63) is 29.8 Å². The van der Waals surface area contributed by atoms with Gasteiger partial charge in [-0.15, -0.1) is 0 Å². The molecule has 1 amide bonds. The molecule has 0 spiro atoms. The second kappa shape index (κ2) is 7.35. The van der Waals surface area contributed by atoms with Gasteiger partial charge < -0.3 is 10.6 Å². The number of para-hydroxylation sites is 1. The monoisotopic (exact) mass is 252 g/mol. The van der Waals surface area contributed by atoms with Crippen LogP contribution >= 0.6 is 11.8 Å². The summed E-state index contributed by atoms with van der Waals surface area (Å²) in [6, 6.07) is 7.97. The number of anilines is 1. The normalized spacial score (nSPS) is 10.3. The molecule has 0 radical (unpaired) electrons. The first-order valence-electron chi connectivity index (χ1n) is 5.84. The second-order valence-electron chi connectivity index (χ2n) is 3.77. The zero-order chi connectivity index (χ0) is 12.7. The number of thioether (sulfide) groups is 1. The average molecular weight is 252 g/mol. The number of hydrogen-bond acceptors (Lipinski definition) is 3. The van der Waals surface area contributed by atoms with Gasteiger partial charge in [-0.05, 0) is 25.5 Å². The summed E-state index contributed by atoms with van der Waals surface area (Å²) in [4.78, 5) is 13.9. The molecule has 0 aliphatic carbocycles. The maximum Gasteiger partial charge on any atom is 0.236 e. The molecule has 0 aliphatic rings. The van der Waals surface area contributed by atoms with Crippen molar-refractivity contribution in [2.24, 2.45) is 5.73 Å². The van der Waals surface area contributed by atoms with Crippen LogP contribution in [-0.2, 0) is 4.79 Å². The number of amides is 1. The highest BCUT2D eigenvalue weighted by molar-refractivity contribution is 7.99. The van der Waals surface area contributed by atoms with Crippen molar-refractivity contribution in [3.63, 3.8) is 0 Å². The molecule has 0 unspecified atom stereocenters. The SMILES string of the molecule is CCN(C(=O)CSCCN)c1ccccc1C. The van der Waals surface area contributed by atoms with Crippen molar-refractivity contribution in [1.29, 1.82) is 0 Å². The summed E-state index contributed by atoms with van der Waals surface area (Å²) < 4.78 is 0. The quantitative estimate of drug-likeness (QED) is 0.788. The first-order chi connectivity index (χ1) is 8.20. The summed E-state index contributed by atoms with van der Waals surface area (Å²) in [6.45, 7) is 5.34. The van der Waals surface area contributed by atoms with E-state index in [0.29, 0.717) is 18.8 Å². The molecule has 17 heavy (non-hydrogen) atoms. The van der Waals surface area contributed by atoms with Crippen LogP contribution in [-0.4, -0.2) is 30.5 Å². The highest BCUT2D eigenvalue weighted by Gasteiger charge is 2.14. The largest absolute Gasteiger partial charge is 0.330 e. The number of carbonyl (C=O) groups is 1. The van der Waals surface area contributed by atoms with Crippen molar-refractivity contribution in [2.75, 3.05) is 29.5 Å². The van der Waals surface area contributed by atoms with Crippen LogP contribution in [0.25, 0.3) is 0 Å². The Morgan fingerprint density at radius 3 is 2.71 bits per heavy atom.